The SMILES string of the molecule is CCN(Cc1ccccn1)c1ccc([C@@H](C)N)cc1F. The standard InChI is InChI=1S/C16H20FN3/c1-3-20(11-14-6-4-5-9-19-14)16-8-7-13(12(2)18)10-15(16)17/h4-10,12H,3,11,18H2,1-2H3/t12-/m1/s1. The Morgan fingerprint density at radius 3 is 2.65 bits per heavy atom. The Morgan fingerprint density at radius 2 is 2.10 bits per heavy atom. The number of pyridine rings is 1. The minimum absolute atomic E-state index is 0.163. The predicted octanol–water partition coefficient (Wildman–Crippen LogP) is 3.27. The molecule has 2 aromatic rings. The average Bonchev–Trinajstić information content (AvgIpc) is 2.46. The highest BCUT2D eigenvalue weighted by molar-refractivity contribution is 5.49. The maximum atomic E-state index is 14.2. The molecule has 0 spiro atoms. The molecule has 0 aliphatic rings. The van der Waals surface area contributed by atoms with Crippen LogP contribution in [0.4, 0.5) is 10.1 Å². The molecular formula is C16H20FN3. The number of rotatable bonds is 5. The highest BCUT2D eigenvalue weighted by Gasteiger charge is 2.12. The Labute approximate surface area is 119 Å². The van der Waals surface area contributed by atoms with Crippen molar-refractivity contribution in [1.29, 1.82) is 0 Å². The third-order valence-electron chi connectivity index (χ3n) is 3.30. The first-order chi connectivity index (χ1) is 9.61. The molecule has 0 saturated heterocycles. The Balaban J connectivity index is 2.23. The molecule has 106 valence electrons. The molecule has 1 atom stereocenters. The Hall–Kier alpha value is -1.94. The summed E-state index contributed by atoms with van der Waals surface area (Å²) in [5.41, 5.74) is 8.09. The van der Waals surface area contributed by atoms with Crippen LogP contribution in [0.5, 0.6) is 0 Å². The molecule has 1 aromatic carbocycles. The Bertz CT molecular complexity index is 555. The molecular weight excluding hydrogens is 253 g/mol. The molecule has 0 radical (unpaired) electrons. The summed E-state index contributed by atoms with van der Waals surface area (Å²) in [6, 6.07) is 10.8. The Kier molecular flexibility index (Phi) is 4.69. The fourth-order valence-corrected chi connectivity index (χ4v) is 2.12. The van der Waals surface area contributed by atoms with Crippen molar-refractivity contribution in [3.05, 3.63) is 59.7 Å². The summed E-state index contributed by atoms with van der Waals surface area (Å²) in [6.07, 6.45) is 1.75. The second-order valence-corrected chi connectivity index (χ2v) is 4.83. The molecule has 1 aromatic heterocycles. The van der Waals surface area contributed by atoms with Crippen LogP contribution in [0.2, 0.25) is 0 Å². The van der Waals surface area contributed by atoms with Crippen molar-refractivity contribution >= 4 is 5.69 Å². The van der Waals surface area contributed by atoms with E-state index in [0.717, 1.165) is 11.3 Å². The molecule has 0 fully saturated rings. The van der Waals surface area contributed by atoms with Crippen LogP contribution < -0.4 is 10.6 Å². The van der Waals surface area contributed by atoms with Crippen molar-refractivity contribution in [2.24, 2.45) is 5.73 Å². The second-order valence-electron chi connectivity index (χ2n) is 4.83. The fourth-order valence-electron chi connectivity index (χ4n) is 2.12. The maximum absolute atomic E-state index is 14.2. The van der Waals surface area contributed by atoms with Crippen molar-refractivity contribution in [2.75, 3.05) is 11.4 Å². The van der Waals surface area contributed by atoms with E-state index in [0.29, 0.717) is 18.8 Å². The first-order valence-electron chi connectivity index (χ1n) is 6.81. The molecule has 0 saturated carbocycles. The maximum Gasteiger partial charge on any atom is 0.146 e. The summed E-state index contributed by atoms with van der Waals surface area (Å²) in [6.45, 7) is 5.15. The molecule has 0 amide bonds. The molecule has 2 rings (SSSR count). The van der Waals surface area contributed by atoms with Crippen LogP contribution in [-0.4, -0.2) is 11.5 Å². The predicted molar refractivity (Wildman–Crippen MR) is 80.0 cm³/mol. The molecule has 20 heavy (non-hydrogen) atoms. The number of nitrogens with two attached hydrogens (primary N) is 1. The lowest BCUT2D eigenvalue weighted by molar-refractivity contribution is 0.612. The van der Waals surface area contributed by atoms with E-state index in [1.54, 1.807) is 12.3 Å². The van der Waals surface area contributed by atoms with Gasteiger partial charge in [-0.2, -0.15) is 0 Å². The van der Waals surface area contributed by atoms with E-state index in [1.165, 1.54) is 6.07 Å². The second kappa shape index (κ2) is 6.48. The minimum atomic E-state index is -0.238. The number of anilines is 1. The number of halogens is 1. The summed E-state index contributed by atoms with van der Waals surface area (Å²) >= 11 is 0. The molecule has 3 nitrogen and oxygen atoms in total. The number of nitrogens with zero attached hydrogens (tertiary/aromatic N) is 2. The lowest BCUT2D eigenvalue weighted by Gasteiger charge is -2.24. The van der Waals surface area contributed by atoms with Crippen molar-refractivity contribution in [1.82, 2.24) is 4.98 Å². The van der Waals surface area contributed by atoms with Crippen molar-refractivity contribution in [3.8, 4) is 0 Å². The summed E-state index contributed by atoms with van der Waals surface area (Å²) in [7, 11) is 0. The van der Waals surface area contributed by atoms with Gasteiger partial charge in [-0.15, -0.1) is 0 Å². The summed E-state index contributed by atoms with van der Waals surface area (Å²) < 4.78 is 14.2. The number of hydrogen-bond donors (Lipinski definition) is 1. The highest BCUT2D eigenvalue weighted by atomic mass is 19.1. The summed E-state index contributed by atoms with van der Waals surface area (Å²) in [5, 5.41) is 0. The van der Waals surface area contributed by atoms with Gasteiger partial charge in [-0.05, 0) is 43.7 Å². The lowest BCUT2D eigenvalue weighted by Crippen LogP contribution is -2.23. The van der Waals surface area contributed by atoms with Gasteiger partial charge in [-0.3, -0.25) is 4.98 Å². The molecule has 2 N–H and O–H groups in total. The third-order valence-corrected chi connectivity index (χ3v) is 3.30. The van der Waals surface area contributed by atoms with Crippen molar-refractivity contribution in [2.45, 2.75) is 26.4 Å². The monoisotopic (exact) mass is 273 g/mol. The normalized spacial score (nSPS) is 12.2. The Morgan fingerprint density at radius 1 is 1.30 bits per heavy atom. The van der Waals surface area contributed by atoms with Gasteiger partial charge >= 0.3 is 0 Å². The summed E-state index contributed by atoms with van der Waals surface area (Å²) in [4.78, 5) is 6.24. The van der Waals surface area contributed by atoms with Crippen LogP contribution in [0, 0.1) is 5.82 Å². The average molecular weight is 273 g/mol. The fraction of sp³-hybridized carbons (Fsp3) is 0.312. The smallest absolute Gasteiger partial charge is 0.146 e. The zero-order valence-electron chi connectivity index (χ0n) is 11.9. The quantitative estimate of drug-likeness (QED) is 0.909. The number of hydrogen-bond acceptors (Lipinski definition) is 3. The molecule has 0 unspecified atom stereocenters. The van der Waals surface area contributed by atoms with E-state index in [2.05, 4.69) is 4.98 Å². The van der Waals surface area contributed by atoms with Gasteiger partial charge in [-0.1, -0.05) is 12.1 Å². The van der Waals surface area contributed by atoms with Crippen LogP contribution >= 0.6 is 0 Å². The van der Waals surface area contributed by atoms with Gasteiger partial charge in [0.2, 0.25) is 0 Å². The van der Waals surface area contributed by atoms with Gasteiger partial charge in [0.05, 0.1) is 17.9 Å². The molecule has 0 aliphatic carbocycles. The number of benzene rings is 1. The van der Waals surface area contributed by atoms with Crippen LogP contribution in [0.1, 0.15) is 31.1 Å². The molecule has 0 bridgehead atoms. The molecule has 4 heteroatoms. The van der Waals surface area contributed by atoms with Crippen LogP contribution in [0.15, 0.2) is 42.6 Å². The third kappa shape index (κ3) is 3.33. The van der Waals surface area contributed by atoms with Gasteiger partial charge in [-0.25, -0.2) is 4.39 Å². The van der Waals surface area contributed by atoms with Crippen molar-refractivity contribution in [3.63, 3.8) is 0 Å². The zero-order chi connectivity index (χ0) is 14.5. The van der Waals surface area contributed by atoms with E-state index in [-0.39, 0.29) is 11.9 Å². The first kappa shape index (κ1) is 14.5. The van der Waals surface area contributed by atoms with E-state index in [4.69, 9.17) is 5.73 Å². The van der Waals surface area contributed by atoms with Crippen molar-refractivity contribution < 1.29 is 4.39 Å². The van der Waals surface area contributed by atoms with Gasteiger partial charge in [0.1, 0.15) is 5.82 Å². The van der Waals surface area contributed by atoms with E-state index in [9.17, 15) is 4.39 Å². The van der Waals surface area contributed by atoms with E-state index in [1.807, 2.05) is 43.0 Å². The summed E-state index contributed by atoms with van der Waals surface area (Å²) in [5.74, 6) is -0.238. The zero-order valence-corrected chi connectivity index (χ0v) is 11.9. The van der Waals surface area contributed by atoms with E-state index >= 15 is 0 Å². The topological polar surface area (TPSA) is 42.2 Å². The van der Waals surface area contributed by atoms with Gasteiger partial charge in [0.25, 0.3) is 0 Å². The van der Waals surface area contributed by atoms with Gasteiger partial charge < -0.3 is 10.6 Å². The highest BCUT2D eigenvalue weighted by Crippen LogP contribution is 2.23. The van der Waals surface area contributed by atoms with Crippen LogP contribution in [0.3, 0.4) is 0 Å². The largest absolute Gasteiger partial charge is 0.364 e. The van der Waals surface area contributed by atoms with Gasteiger partial charge in [0.15, 0.2) is 0 Å². The molecule has 0 aliphatic heterocycles. The molecule has 1 heterocycles. The van der Waals surface area contributed by atoms with E-state index < -0.39 is 0 Å². The number of aromatic nitrogens is 1. The first-order valence-corrected chi connectivity index (χ1v) is 6.81. The van der Waals surface area contributed by atoms with Gasteiger partial charge in [0, 0.05) is 18.8 Å². The van der Waals surface area contributed by atoms with Crippen LogP contribution in [-0.2, 0) is 6.54 Å². The lowest BCUT2D eigenvalue weighted by atomic mass is 10.1. The minimum Gasteiger partial charge on any atom is -0.364 e. The van der Waals surface area contributed by atoms with Crippen LogP contribution in [0.25, 0.3) is 0 Å².